The van der Waals surface area contributed by atoms with Gasteiger partial charge in [-0.05, 0) is 36.5 Å². The quantitative estimate of drug-likeness (QED) is 0.0307. The van der Waals surface area contributed by atoms with Crippen molar-refractivity contribution in [3.63, 3.8) is 0 Å². The van der Waals surface area contributed by atoms with Crippen molar-refractivity contribution in [3.8, 4) is 0 Å². The first kappa shape index (κ1) is 50.8. The average molecular weight is 808 g/mol. The van der Waals surface area contributed by atoms with Crippen LogP contribution in [0.15, 0.2) is 0 Å². The van der Waals surface area contributed by atoms with E-state index in [2.05, 4.69) is 55.4 Å². The number of hydrogen-bond acceptors (Lipinski definition) is 4. The van der Waals surface area contributed by atoms with Crippen molar-refractivity contribution < 1.29 is 0 Å². The molecule has 0 aliphatic carbocycles. The van der Waals surface area contributed by atoms with Crippen molar-refractivity contribution in [1.82, 2.24) is 0 Å². The molecule has 0 aliphatic heterocycles. The van der Waals surface area contributed by atoms with Crippen molar-refractivity contribution in [2.24, 2.45) is 23.7 Å². The fourth-order valence-corrected chi connectivity index (χ4v) is 9.72. The zero-order chi connectivity index (χ0) is 34.6. The van der Waals surface area contributed by atoms with Gasteiger partial charge >= 0.3 is 69.5 Å². The zero-order valence-corrected chi connectivity index (χ0v) is 37.9. The van der Waals surface area contributed by atoms with Crippen LogP contribution in [-0.2, 0) is 25.3 Å². The van der Waals surface area contributed by atoms with Crippen molar-refractivity contribution in [2.75, 3.05) is 0 Å². The molecule has 0 nitrogen and oxygen atoms in total. The second-order valence-electron chi connectivity index (χ2n) is 14.5. The molecule has 0 spiro atoms. The number of unbranched alkanes of at least 4 members (excludes halogenated alkanes) is 16. The van der Waals surface area contributed by atoms with E-state index in [-0.39, 0.29) is 21.1 Å². The summed E-state index contributed by atoms with van der Waals surface area (Å²) in [6, 6.07) is 0. The first-order valence-corrected chi connectivity index (χ1v) is 25.3. The minimum atomic E-state index is 0.149. The number of hydrogen-bond donors (Lipinski definition) is 0. The third kappa shape index (κ3) is 49.9. The minimum absolute atomic E-state index is 0.149. The van der Waals surface area contributed by atoms with Gasteiger partial charge in [0.05, 0.1) is 0 Å². The van der Waals surface area contributed by atoms with E-state index in [4.69, 9.17) is 49.7 Å². The Labute approximate surface area is 318 Å². The molecule has 0 saturated heterocycles. The standard InChI is InChI=1S/2C16H32S2.2C4H9.Sn/c2*1-14(2)12-10-8-6-4-5-7-9-11-13-15(3)16(17)18;2*1-3-4-2;/h2*14-15H,4-13H2,1-3H3,(H,17,18);2*1,3-4H2,2H3;/q;;;;+2/p-2. The average Bonchev–Trinajstić information content (AvgIpc) is 2.99. The summed E-state index contributed by atoms with van der Waals surface area (Å²) in [5.74, 6) is 2.68. The van der Waals surface area contributed by atoms with Gasteiger partial charge in [-0.1, -0.05) is 157 Å². The van der Waals surface area contributed by atoms with E-state index in [0.717, 1.165) is 20.2 Å². The Morgan fingerprint density at radius 2 is 0.667 bits per heavy atom. The molecular formula is C40H80S4Sn. The van der Waals surface area contributed by atoms with Crippen molar-refractivity contribution in [3.05, 3.63) is 0 Å². The van der Waals surface area contributed by atoms with Gasteiger partial charge in [0.25, 0.3) is 0 Å². The Morgan fingerprint density at radius 1 is 0.422 bits per heavy atom. The molecule has 2 unspecified atom stereocenters. The van der Waals surface area contributed by atoms with Gasteiger partial charge in [-0.2, -0.15) is 0 Å². The summed E-state index contributed by atoms with van der Waals surface area (Å²) in [7, 11) is 0. The molecule has 0 amide bonds. The van der Waals surface area contributed by atoms with Gasteiger partial charge in [0.2, 0.25) is 0 Å². The summed E-state index contributed by atoms with van der Waals surface area (Å²) in [6.07, 6.45) is 33.3. The van der Waals surface area contributed by atoms with Crippen molar-refractivity contribution in [1.29, 1.82) is 0 Å². The fraction of sp³-hybridized carbons (Fsp3) is 0.950. The normalized spacial score (nSPS) is 12.1. The first-order chi connectivity index (χ1) is 21.5. The van der Waals surface area contributed by atoms with Crippen LogP contribution in [0.2, 0.25) is 8.87 Å². The summed E-state index contributed by atoms with van der Waals surface area (Å²) in [5.41, 5.74) is 0. The van der Waals surface area contributed by atoms with Crippen LogP contribution in [0.1, 0.15) is 209 Å². The third-order valence-corrected chi connectivity index (χ3v) is 14.2. The molecule has 5 heteroatoms. The van der Waals surface area contributed by atoms with Crippen LogP contribution in [0.4, 0.5) is 0 Å². The third-order valence-electron chi connectivity index (χ3n) is 8.56. The van der Waals surface area contributed by atoms with Crippen LogP contribution in [-0.4, -0.2) is 29.5 Å². The maximum absolute atomic E-state index is 5.01. The second-order valence-corrected chi connectivity index (χ2v) is 21.1. The topological polar surface area (TPSA) is 0 Å². The Hall–Kier alpha value is 1.42. The van der Waals surface area contributed by atoms with E-state index in [1.54, 1.807) is 8.87 Å². The second kappa shape index (κ2) is 41.6. The van der Waals surface area contributed by atoms with Crippen LogP contribution >= 0.6 is 24.4 Å². The van der Waals surface area contributed by atoms with Crippen LogP contribution < -0.4 is 0 Å². The first-order valence-electron chi connectivity index (χ1n) is 19.6. The SMILES string of the molecule is CC(C)CCCCCCCCCCC(C)C(=S)[S-].CC(C)CCCCCCCCCCC(C)C(=S)[S-].CCC[CH2][Sn+2][CH2]CCC. The molecule has 0 aliphatic rings. The molecule has 0 rings (SSSR count). The van der Waals surface area contributed by atoms with E-state index < -0.39 is 0 Å². The molecule has 0 fully saturated rings. The molecule has 0 aromatic heterocycles. The van der Waals surface area contributed by atoms with Gasteiger partial charge in [0.15, 0.2) is 0 Å². The maximum atomic E-state index is 5.01. The zero-order valence-electron chi connectivity index (χ0n) is 31.8. The van der Waals surface area contributed by atoms with Gasteiger partial charge in [-0.25, -0.2) is 0 Å². The molecular weight excluding hydrogens is 727 g/mol. The Morgan fingerprint density at radius 3 is 0.889 bits per heavy atom. The summed E-state index contributed by atoms with van der Waals surface area (Å²) in [5, 5.41) is 0. The van der Waals surface area contributed by atoms with Crippen molar-refractivity contribution in [2.45, 2.75) is 218 Å². The fourth-order valence-electron chi connectivity index (χ4n) is 5.09. The molecule has 0 aromatic rings. The van der Waals surface area contributed by atoms with Crippen LogP contribution in [0.5, 0.6) is 0 Å². The van der Waals surface area contributed by atoms with Gasteiger partial charge in [-0.3, -0.25) is 0 Å². The summed E-state index contributed by atoms with van der Waals surface area (Å²) >= 11 is 20.2. The van der Waals surface area contributed by atoms with Crippen LogP contribution in [0.25, 0.3) is 0 Å². The van der Waals surface area contributed by atoms with Crippen LogP contribution in [0.3, 0.4) is 0 Å². The molecule has 0 radical (unpaired) electrons. The van der Waals surface area contributed by atoms with E-state index in [9.17, 15) is 0 Å². The van der Waals surface area contributed by atoms with Crippen molar-refractivity contribution >= 4 is 79.2 Å². The number of rotatable bonds is 30. The predicted molar refractivity (Wildman–Crippen MR) is 225 cm³/mol. The Balaban J connectivity index is -0.000000622. The molecule has 0 aromatic carbocycles. The summed E-state index contributed by atoms with van der Waals surface area (Å²) in [4.78, 5) is 0. The van der Waals surface area contributed by atoms with Gasteiger partial charge in [-0.15, -0.1) is 8.39 Å². The molecule has 0 heterocycles. The number of thiocarbonyl (C=S) groups is 2. The predicted octanol–water partition coefficient (Wildman–Crippen LogP) is 15.2. The van der Waals surface area contributed by atoms with Gasteiger partial charge in [0, 0.05) is 0 Å². The van der Waals surface area contributed by atoms with E-state index in [1.807, 2.05) is 0 Å². The van der Waals surface area contributed by atoms with E-state index >= 15 is 0 Å². The molecule has 45 heavy (non-hydrogen) atoms. The van der Waals surface area contributed by atoms with E-state index in [1.165, 1.54) is 154 Å². The molecule has 0 bridgehead atoms. The Bertz CT molecular complexity index is 543. The van der Waals surface area contributed by atoms with Gasteiger partial charge < -0.3 is 49.7 Å². The molecule has 0 N–H and O–H groups in total. The summed E-state index contributed by atoms with van der Waals surface area (Å²) < 4.78 is 4.78. The van der Waals surface area contributed by atoms with E-state index in [0.29, 0.717) is 11.8 Å². The monoisotopic (exact) mass is 808 g/mol. The Kier molecular flexibility index (Phi) is 46.9. The van der Waals surface area contributed by atoms with Crippen LogP contribution in [0, 0.1) is 23.7 Å². The molecule has 0 saturated carbocycles. The van der Waals surface area contributed by atoms with Gasteiger partial charge in [0.1, 0.15) is 0 Å². The molecule has 2 atom stereocenters. The summed E-state index contributed by atoms with van der Waals surface area (Å²) in [6.45, 7) is 18.2. The molecule has 268 valence electrons.